The normalized spacial score (nSPS) is 7.50. The molecule has 0 aliphatic rings. The monoisotopic (exact) mass is 278 g/mol. The molecule has 0 heterocycles. The van der Waals surface area contributed by atoms with Gasteiger partial charge in [0.1, 0.15) is 0 Å². The van der Waals surface area contributed by atoms with Crippen molar-refractivity contribution in [2.75, 3.05) is 0 Å². The fraction of sp³-hybridized carbons (Fsp3) is 0. The molecular formula is H4O2Sb2. The Morgan fingerprint density at radius 1 is 1.00 bits per heavy atom. The SMILES string of the molecule is [SbH2][O][O][SbH2]. The van der Waals surface area contributed by atoms with Crippen LogP contribution in [0.4, 0.5) is 0 Å². The number of hydrogen-bond donors (Lipinski definition) is 0. The van der Waals surface area contributed by atoms with Gasteiger partial charge in [0, 0.05) is 0 Å². The zero-order chi connectivity index (χ0) is 3.41. The summed E-state index contributed by atoms with van der Waals surface area (Å²) in [6.45, 7) is 0. The molecule has 0 bridgehead atoms. The number of rotatable bonds is 1. The first-order valence-corrected chi connectivity index (χ1v) is 3.33. The summed E-state index contributed by atoms with van der Waals surface area (Å²) in [4.78, 5) is 0. The first-order valence-electron chi connectivity index (χ1n) is 0.638. The van der Waals surface area contributed by atoms with Crippen molar-refractivity contribution in [2.24, 2.45) is 0 Å². The van der Waals surface area contributed by atoms with Gasteiger partial charge >= 0.3 is 53.2 Å². The van der Waals surface area contributed by atoms with E-state index in [0.717, 1.165) is 46.9 Å². The van der Waals surface area contributed by atoms with Gasteiger partial charge in [0.2, 0.25) is 0 Å². The molecule has 0 fully saturated rings. The molecule has 0 aromatic rings. The van der Waals surface area contributed by atoms with E-state index < -0.39 is 0 Å². The van der Waals surface area contributed by atoms with Gasteiger partial charge in [-0.3, -0.25) is 0 Å². The molecule has 4 heavy (non-hydrogen) atoms. The Balaban J connectivity index is 1.97. The van der Waals surface area contributed by atoms with Gasteiger partial charge in [-0.1, -0.05) is 0 Å². The Morgan fingerprint density at radius 3 is 1.25 bits per heavy atom. The van der Waals surface area contributed by atoms with Crippen molar-refractivity contribution < 1.29 is 6.33 Å². The molecule has 0 saturated heterocycles. The van der Waals surface area contributed by atoms with Crippen molar-refractivity contribution in [1.29, 1.82) is 0 Å². The molecule has 0 radical (unpaired) electrons. The summed E-state index contributed by atoms with van der Waals surface area (Å²) in [6, 6.07) is 0. The first-order chi connectivity index (χ1) is 1.91. The Morgan fingerprint density at radius 2 is 1.25 bits per heavy atom. The van der Waals surface area contributed by atoms with Crippen LogP contribution in [0.1, 0.15) is 0 Å². The molecule has 0 rings (SSSR count). The Labute approximate surface area is 52.9 Å². The Kier molecular flexibility index (Phi) is 6.33. The van der Waals surface area contributed by atoms with E-state index in [1.54, 1.807) is 0 Å². The van der Waals surface area contributed by atoms with E-state index in [1.807, 2.05) is 0 Å². The van der Waals surface area contributed by atoms with E-state index in [9.17, 15) is 0 Å². The number of hydrogen-bond acceptors (Lipinski definition) is 2. The van der Waals surface area contributed by atoms with E-state index in [2.05, 4.69) is 6.33 Å². The second kappa shape index (κ2) is 4.56. The van der Waals surface area contributed by atoms with Crippen LogP contribution in [0, 0.1) is 0 Å². The van der Waals surface area contributed by atoms with Crippen molar-refractivity contribution in [3.8, 4) is 0 Å². The van der Waals surface area contributed by atoms with E-state index in [1.165, 1.54) is 0 Å². The minimum atomic E-state index is 0.751. The van der Waals surface area contributed by atoms with Gasteiger partial charge in [-0.05, 0) is 0 Å². The van der Waals surface area contributed by atoms with Crippen molar-refractivity contribution in [2.45, 2.75) is 0 Å². The molecule has 0 saturated carbocycles. The summed E-state index contributed by atoms with van der Waals surface area (Å²) in [7, 11) is 0. The van der Waals surface area contributed by atoms with E-state index in [4.69, 9.17) is 0 Å². The molecule has 0 atom stereocenters. The zero-order valence-corrected chi connectivity index (χ0v) is 8.56. The third-order valence-corrected chi connectivity index (χ3v) is 2.50. The average molecular weight is 280 g/mol. The summed E-state index contributed by atoms with van der Waals surface area (Å²) >= 11 is 1.50. The fourth-order valence-corrected chi connectivity index (χ4v) is 0. The molecule has 0 aliphatic heterocycles. The van der Waals surface area contributed by atoms with Crippen LogP contribution in [-0.2, 0) is 6.33 Å². The van der Waals surface area contributed by atoms with Gasteiger partial charge in [0.15, 0.2) is 0 Å². The first kappa shape index (κ1) is 5.56. The van der Waals surface area contributed by atoms with Crippen LogP contribution in [0.3, 0.4) is 0 Å². The molecule has 0 N–H and O–H groups in total. The van der Waals surface area contributed by atoms with E-state index in [0.29, 0.717) is 0 Å². The Hall–Kier alpha value is 1.56. The van der Waals surface area contributed by atoms with Crippen LogP contribution in [0.2, 0.25) is 0 Å². The molecule has 0 aromatic heterocycles. The summed E-state index contributed by atoms with van der Waals surface area (Å²) < 4.78 is 8.46. The fourth-order valence-electron chi connectivity index (χ4n) is 0. The van der Waals surface area contributed by atoms with Gasteiger partial charge in [-0.25, -0.2) is 0 Å². The summed E-state index contributed by atoms with van der Waals surface area (Å²) in [5, 5.41) is 0. The molecule has 0 spiro atoms. The molecule has 4 heteroatoms. The topological polar surface area (TPSA) is 18.5 Å². The summed E-state index contributed by atoms with van der Waals surface area (Å²) in [6.07, 6.45) is 0. The molecule has 0 aliphatic carbocycles. The van der Waals surface area contributed by atoms with E-state index in [-0.39, 0.29) is 0 Å². The third-order valence-electron chi connectivity index (χ3n) is 0.0556. The maximum absolute atomic E-state index is 4.23. The van der Waals surface area contributed by atoms with Crippen LogP contribution in [0.25, 0.3) is 0 Å². The molecule has 2 nitrogen and oxygen atoms in total. The summed E-state index contributed by atoms with van der Waals surface area (Å²) in [5.41, 5.74) is 0. The van der Waals surface area contributed by atoms with Gasteiger partial charge < -0.3 is 0 Å². The summed E-state index contributed by atoms with van der Waals surface area (Å²) in [5.74, 6) is 0. The van der Waals surface area contributed by atoms with Crippen LogP contribution >= 0.6 is 0 Å². The van der Waals surface area contributed by atoms with Crippen molar-refractivity contribution >= 4 is 46.9 Å². The van der Waals surface area contributed by atoms with Crippen LogP contribution < -0.4 is 0 Å². The van der Waals surface area contributed by atoms with Crippen molar-refractivity contribution in [3.05, 3.63) is 0 Å². The van der Waals surface area contributed by atoms with Crippen molar-refractivity contribution in [1.82, 2.24) is 0 Å². The molecule has 26 valence electrons. The molecule has 0 aromatic carbocycles. The molecule has 0 amide bonds. The maximum atomic E-state index is 4.23. The second-order valence-corrected chi connectivity index (χ2v) is 1.29. The van der Waals surface area contributed by atoms with Crippen LogP contribution in [0.5, 0.6) is 0 Å². The van der Waals surface area contributed by atoms with Gasteiger partial charge in [0.05, 0.1) is 0 Å². The standard InChI is InChI=1S/O2.2Sb.4H/c1-2;;;;;;/q-2;2*+1;;;;. The second-order valence-electron chi connectivity index (χ2n) is 0.192. The van der Waals surface area contributed by atoms with Crippen molar-refractivity contribution in [3.63, 3.8) is 0 Å². The van der Waals surface area contributed by atoms with Crippen LogP contribution in [0.15, 0.2) is 0 Å². The van der Waals surface area contributed by atoms with Crippen LogP contribution in [-0.4, -0.2) is 46.9 Å². The zero-order valence-electron chi connectivity index (χ0n) is 1.97. The molecular weight excluding hydrogens is 276 g/mol. The van der Waals surface area contributed by atoms with Gasteiger partial charge in [-0.15, -0.1) is 0 Å². The van der Waals surface area contributed by atoms with E-state index >= 15 is 0 Å². The predicted molar refractivity (Wildman–Crippen MR) is 19.3 cm³/mol. The molecule has 0 unspecified atom stereocenters. The average Bonchev–Trinajstić information content (AvgIpc) is 1.37. The minimum absolute atomic E-state index is 0.751. The van der Waals surface area contributed by atoms with Gasteiger partial charge in [0.25, 0.3) is 0 Å². The quantitative estimate of drug-likeness (QED) is 0.315. The van der Waals surface area contributed by atoms with Gasteiger partial charge in [-0.2, -0.15) is 0 Å². The third kappa shape index (κ3) is 3.56. The Bertz CT molecular complexity index is 6.00. The predicted octanol–water partition coefficient (Wildman–Crippen LogP) is -1.97.